The second-order valence-corrected chi connectivity index (χ2v) is 4.11. The van der Waals surface area contributed by atoms with Gasteiger partial charge in [0.1, 0.15) is 17.4 Å². The van der Waals surface area contributed by atoms with Gasteiger partial charge in [0, 0.05) is 11.9 Å². The van der Waals surface area contributed by atoms with Crippen molar-refractivity contribution in [2.75, 3.05) is 12.4 Å². The molecule has 0 saturated carbocycles. The molecule has 0 bridgehead atoms. The molecule has 0 fully saturated rings. The van der Waals surface area contributed by atoms with Crippen LogP contribution in [0.4, 0.5) is 10.1 Å². The number of anilines is 1. The topological polar surface area (TPSA) is 58.0 Å². The minimum Gasteiger partial charge on any atom is -0.494 e. The first kappa shape index (κ1) is 13.3. The lowest BCUT2D eigenvalue weighted by Gasteiger charge is -2.11. The number of nitrogens with zero attached hydrogens (tertiary/aromatic N) is 1. The monoisotopic (exact) mass is 279 g/mol. The number of nitrogens with one attached hydrogen (secondary N) is 2. The number of hydrogen-bond donors (Lipinski definition) is 2. The van der Waals surface area contributed by atoms with Crippen LogP contribution in [0.5, 0.6) is 5.75 Å². The van der Waals surface area contributed by atoms with E-state index in [1.165, 1.54) is 31.5 Å². The molecule has 0 aliphatic carbocycles. The van der Waals surface area contributed by atoms with Gasteiger partial charge >= 0.3 is 0 Å². The Bertz CT molecular complexity index is 619. The summed E-state index contributed by atoms with van der Waals surface area (Å²) in [6.45, 7) is 0. The van der Waals surface area contributed by atoms with Crippen LogP contribution >= 0.6 is 11.6 Å². The highest BCUT2D eigenvalue weighted by Crippen LogP contribution is 2.21. The summed E-state index contributed by atoms with van der Waals surface area (Å²) in [4.78, 5) is 3.91. The highest BCUT2D eigenvalue weighted by molar-refractivity contribution is 6.31. The van der Waals surface area contributed by atoms with Gasteiger partial charge in [-0.2, -0.15) is 0 Å². The Balaban J connectivity index is 2.23. The van der Waals surface area contributed by atoms with E-state index in [2.05, 4.69) is 10.3 Å². The summed E-state index contributed by atoms with van der Waals surface area (Å²) in [5, 5.41) is 10.8. The first-order valence-electron chi connectivity index (χ1n) is 5.41. The Hall–Kier alpha value is -2.14. The van der Waals surface area contributed by atoms with Crippen LogP contribution in [0.25, 0.3) is 0 Å². The number of methoxy groups -OCH3 is 1. The molecule has 19 heavy (non-hydrogen) atoms. The average molecular weight is 280 g/mol. The van der Waals surface area contributed by atoms with Crippen molar-refractivity contribution in [1.82, 2.24) is 4.98 Å². The fourth-order valence-electron chi connectivity index (χ4n) is 1.53. The van der Waals surface area contributed by atoms with E-state index >= 15 is 0 Å². The van der Waals surface area contributed by atoms with Gasteiger partial charge in [-0.05, 0) is 24.3 Å². The molecule has 0 amide bonds. The molecule has 2 aromatic rings. The van der Waals surface area contributed by atoms with Crippen LogP contribution in [-0.2, 0) is 0 Å². The van der Waals surface area contributed by atoms with Crippen LogP contribution in [0.1, 0.15) is 5.56 Å². The van der Waals surface area contributed by atoms with Gasteiger partial charge in [0.25, 0.3) is 0 Å². The van der Waals surface area contributed by atoms with Crippen molar-refractivity contribution < 1.29 is 9.13 Å². The lowest BCUT2D eigenvalue weighted by molar-refractivity contribution is 0.412. The highest BCUT2D eigenvalue weighted by atomic mass is 35.5. The highest BCUT2D eigenvalue weighted by Gasteiger charge is 2.09. The van der Waals surface area contributed by atoms with Crippen molar-refractivity contribution in [2.24, 2.45) is 0 Å². The van der Waals surface area contributed by atoms with E-state index < -0.39 is 5.82 Å². The first-order chi connectivity index (χ1) is 9.11. The number of benzene rings is 1. The number of hydrogen-bond acceptors (Lipinski definition) is 3. The van der Waals surface area contributed by atoms with Gasteiger partial charge in [0.05, 0.1) is 23.9 Å². The molecule has 0 spiro atoms. The Morgan fingerprint density at radius 1 is 1.42 bits per heavy atom. The van der Waals surface area contributed by atoms with Gasteiger partial charge in [-0.3, -0.25) is 10.4 Å². The maximum Gasteiger partial charge on any atom is 0.148 e. The third-order valence-electron chi connectivity index (χ3n) is 2.46. The fourth-order valence-corrected chi connectivity index (χ4v) is 1.72. The summed E-state index contributed by atoms with van der Waals surface area (Å²) in [5.41, 5.74) is 1.08. The SMILES string of the molecule is COc1cnccc1C(=N)Nc1ccc(F)c(Cl)c1. The second kappa shape index (κ2) is 5.67. The molecule has 0 aliphatic heterocycles. The Morgan fingerprint density at radius 2 is 2.21 bits per heavy atom. The Kier molecular flexibility index (Phi) is 3.97. The molecule has 1 heterocycles. The van der Waals surface area contributed by atoms with Crippen LogP contribution in [0.15, 0.2) is 36.7 Å². The molecular formula is C13H11ClFN3O. The van der Waals surface area contributed by atoms with Gasteiger partial charge in [0.15, 0.2) is 0 Å². The van der Waals surface area contributed by atoms with Gasteiger partial charge in [-0.1, -0.05) is 11.6 Å². The van der Waals surface area contributed by atoms with E-state index in [1.807, 2.05) is 0 Å². The van der Waals surface area contributed by atoms with Gasteiger partial charge in [-0.25, -0.2) is 4.39 Å². The van der Waals surface area contributed by atoms with E-state index in [-0.39, 0.29) is 10.9 Å². The summed E-state index contributed by atoms with van der Waals surface area (Å²) in [7, 11) is 1.50. The van der Waals surface area contributed by atoms with E-state index in [9.17, 15) is 4.39 Å². The first-order valence-corrected chi connectivity index (χ1v) is 5.78. The third kappa shape index (κ3) is 3.00. The molecule has 6 heteroatoms. The largest absolute Gasteiger partial charge is 0.494 e. The van der Waals surface area contributed by atoms with E-state index in [1.54, 1.807) is 12.3 Å². The van der Waals surface area contributed by atoms with Crippen LogP contribution in [0, 0.1) is 11.2 Å². The Labute approximate surface area is 114 Å². The maximum atomic E-state index is 13.0. The molecule has 0 radical (unpaired) electrons. The average Bonchev–Trinajstić information content (AvgIpc) is 2.43. The number of halogens is 2. The van der Waals surface area contributed by atoms with Gasteiger partial charge < -0.3 is 10.1 Å². The summed E-state index contributed by atoms with van der Waals surface area (Å²) in [6, 6.07) is 5.81. The van der Waals surface area contributed by atoms with Crippen LogP contribution in [0.2, 0.25) is 5.02 Å². The molecule has 98 valence electrons. The van der Waals surface area contributed by atoms with E-state index in [4.69, 9.17) is 21.7 Å². The summed E-state index contributed by atoms with van der Waals surface area (Å²) in [5.74, 6) is 0.0929. The minimum absolute atomic E-state index is 0.000469. The second-order valence-electron chi connectivity index (χ2n) is 3.70. The Morgan fingerprint density at radius 3 is 2.89 bits per heavy atom. The minimum atomic E-state index is -0.500. The molecular weight excluding hydrogens is 269 g/mol. The normalized spacial score (nSPS) is 10.1. The van der Waals surface area contributed by atoms with Crippen molar-refractivity contribution in [2.45, 2.75) is 0 Å². The zero-order valence-electron chi connectivity index (χ0n) is 10.1. The number of amidine groups is 1. The number of ether oxygens (including phenoxy) is 1. The molecule has 2 N–H and O–H groups in total. The molecule has 1 aromatic heterocycles. The molecule has 0 saturated heterocycles. The molecule has 0 aliphatic rings. The molecule has 4 nitrogen and oxygen atoms in total. The van der Waals surface area contributed by atoms with Crippen LogP contribution in [-0.4, -0.2) is 17.9 Å². The van der Waals surface area contributed by atoms with Crippen molar-refractivity contribution in [3.05, 3.63) is 53.1 Å². The van der Waals surface area contributed by atoms with Crippen molar-refractivity contribution in [3.63, 3.8) is 0 Å². The van der Waals surface area contributed by atoms with Crippen LogP contribution < -0.4 is 10.1 Å². The lowest BCUT2D eigenvalue weighted by Crippen LogP contribution is -2.13. The van der Waals surface area contributed by atoms with Crippen molar-refractivity contribution in [1.29, 1.82) is 5.41 Å². The smallest absolute Gasteiger partial charge is 0.148 e. The lowest BCUT2D eigenvalue weighted by atomic mass is 10.2. The number of rotatable bonds is 3. The predicted molar refractivity (Wildman–Crippen MR) is 72.7 cm³/mol. The molecule has 2 rings (SSSR count). The number of aromatic nitrogens is 1. The zero-order valence-corrected chi connectivity index (χ0v) is 10.8. The van der Waals surface area contributed by atoms with Crippen LogP contribution in [0.3, 0.4) is 0 Å². The standard InChI is InChI=1S/C13H11ClFN3O/c1-19-12-7-17-5-4-9(12)13(16)18-8-2-3-11(15)10(14)6-8/h2-7H,1H3,(H2,16,18). The summed E-state index contributed by atoms with van der Waals surface area (Å²) >= 11 is 5.68. The van der Waals surface area contributed by atoms with E-state index in [0.29, 0.717) is 17.0 Å². The van der Waals surface area contributed by atoms with Crippen molar-refractivity contribution in [3.8, 4) is 5.75 Å². The van der Waals surface area contributed by atoms with Crippen molar-refractivity contribution >= 4 is 23.1 Å². The summed E-state index contributed by atoms with van der Waals surface area (Å²) < 4.78 is 18.2. The van der Waals surface area contributed by atoms with Gasteiger partial charge in [0.2, 0.25) is 0 Å². The van der Waals surface area contributed by atoms with Gasteiger partial charge in [-0.15, -0.1) is 0 Å². The maximum absolute atomic E-state index is 13.0. The number of pyridine rings is 1. The zero-order chi connectivity index (χ0) is 13.8. The molecule has 0 unspecified atom stereocenters. The predicted octanol–water partition coefficient (Wildman–Crippen LogP) is 3.32. The summed E-state index contributed by atoms with van der Waals surface area (Å²) in [6.07, 6.45) is 3.08. The fraction of sp³-hybridized carbons (Fsp3) is 0.0769. The molecule has 1 aromatic carbocycles. The third-order valence-corrected chi connectivity index (χ3v) is 2.75. The quantitative estimate of drug-likeness (QED) is 0.669. The van der Waals surface area contributed by atoms with E-state index in [0.717, 1.165) is 0 Å². The molecule has 0 atom stereocenters.